The van der Waals surface area contributed by atoms with Crippen molar-refractivity contribution in [2.45, 2.75) is 6.18 Å². The van der Waals surface area contributed by atoms with E-state index < -0.39 is 11.7 Å². The number of ether oxygens (including phenoxy) is 1. The van der Waals surface area contributed by atoms with E-state index >= 15 is 0 Å². The van der Waals surface area contributed by atoms with Crippen molar-refractivity contribution in [3.05, 3.63) is 47.2 Å². The molecule has 1 aromatic heterocycles. The third-order valence-corrected chi connectivity index (χ3v) is 2.32. The average molecular weight is 275 g/mol. The number of benzene rings is 1. The lowest BCUT2D eigenvalue weighted by Gasteiger charge is -2.10. The molecule has 1 heterocycles. The fourth-order valence-electron chi connectivity index (χ4n) is 1.23. The second kappa shape index (κ2) is 4.81. The van der Waals surface area contributed by atoms with Crippen LogP contribution >= 0.6 is 11.6 Å². The van der Waals surface area contributed by atoms with Gasteiger partial charge in [0.25, 0.3) is 0 Å². The van der Waals surface area contributed by atoms with E-state index in [1.54, 1.807) is 6.07 Å². The molecule has 3 nitrogen and oxygen atoms in total. The molecule has 0 saturated carbocycles. The predicted molar refractivity (Wildman–Crippen MR) is 58.6 cm³/mol. The molecule has 2 rings (SSSR count). The van der Waals surface area contributed by atoms with Gasteiger partial charge < -0.3 is 4.74 Å². The lowest BCUT2D eigenvalue weighted by Crippen LogP contribution is -2.06. The van der Waals surface area contributed by atoms with E-state index in [4.69, 9.17) is 16.3 Å². The van der Waals surface area contributed by atoms with Crippen LogP contribution in [-0.4, -0.2) is 9.97 Å². The van der Waals surface area contributed by atoms with Gasteiger partial charge in [-0.25, -0.2) is 9.97 Å². The molecule has 0 fully saturated rings. The Hall–Kier alpha value is -1.82. The Morgan fingerprint density at radius 3 is 2.39 bits per heavy atom. The van der Waals surface area contributed by atoms with E-state index in [2.05, 4.69) is 9.97 Å². The molecule has 7 heteroatoms. The summed E-state index contributed by atoms with van der Waals surface area (Å²) in [6.07, 6.45) is -1.69. The first-order valence-electron chi connectivity index (χ1n) is 4.78. The Kier molecular flexibility index (Phi) is 3.38. The monoisotopic (exact) mass is 274 g/mol. The summed E-state index contributed by atoms with van der Waals surface area (Å²) < 4.78 is 42.9. The van der Waals surface area contributed by atoms with Gasteiger partial charge in [0.15, 0.2) is 0 Å². The summed E-state index contributed by atoms with van der Waals surface area (Å²) in [4.78, 5) is 7.48. The molecule has 0 amide bonds. The van der Waals surface area contributed by atoms with Crippen molar-refractivity contribution in [1.82, 2.24) is 9.97 Å². The molecular weight excluding hydrogens is 269 g/mol. The summed E-state index contributed by atoms with van der Waals surface area (Å²) in [5.41, 5.74) is -0.961. The quantitative estimate of drug-likeness (QED) is 0.832. The minimum absolute atomic E-state index is 0.0297. The van der Waals surface area contributed by atoms with Gasteiger partial charge in [0, 0.05) is 12.4 Å². The van der Waals surface area contributed by atoms with Crippen molar-refractivity contribution < 1.29 is 17.9 Å². The Morgan fingerprint density at radius 2 is 1.78 bits per heavy atom. The third kappa shape index (κ3) is 2.89. The maximum Gasteiger partial charge on any atom is 0.417 e. The van der Waals surface area contributed by atoms with Crippen molar-refractivity contribution in [1.29, 1.82) is 0 Å². The van der Waals surface area contributed by atoms with Crippen LogP contribution in [0.25, 0.3) is 0 Å². The summed E-state index contributed by atoms with van der Waals surface area (Å²) in [7, 11) is 0. The zero-order chi connectivity index (χ0) is 13.2. The van der Waals surface area contributed by atoms with E-state index in [0.29, 0.717) is 0 Å². The lowest BCUT2D eigenvalue weighted by molar-refractivity contribution is -0.137. The summed E-state index contributed by atoms with van der Waals surface area (Å²) in [5.74, 6) is -0.0297. The number of aromatic nitrogens is 2. The molecule has 0 aliphatic carbocycles. The molecular formula is C11H6ClF3N2O. The Bertz CT molecular complexity index is 546. The summed E-state index contributed by atoms with van der Waals surface area (Å²) >= 11 is 5.48. The number of alkyl halides is 3. The standard InChI is InChI=1S/C11H6ClF3N2O/c12-9-3-2-7(6-8(9)11(13,14)15)18-10-16-4-1-5-17-10/h1-6H. The molecule has 0 saturated heterocycles. The highest BCUT2D eigenvalue weighted by molar-refractivity contribution is 6.31. The van der Waals surface area contributed by atoms with Crippen LogP contribution in [0.15, 0.2) is 36.7 Å². The molecule has 2 aromatic rings. The zero-order valence-corrected chi connectivity index (χ0v) is 9.53. The van der Waals surface area contributed by atoms with Crippen molar-refractivity contribution in [2.24, 2.45) is 0 Å². The number of hydrogen-bond acceptors (Lipinski definition) is 3. The number of halogens is 4. The highest BCUT2D eigenvalue weighted by Crippen LogP contribution is 2.37. The van der Waals surface area contributed by atoms with E-state index in [1.807, 2.05) is 0 Å². The smallest absolute Gasteiger partial charge is 0.417 e. The Morgan fingerprint density at radius 1 is 1.11 bits per heavy atom. The largest absolute Gasteiger partial charge is 0.424 e. The van der Waals surface area contributed by atoms with Crippen LogP contribution in [0.3, 0.4) is 0 Å². The fraction of sp³-hybridized carbons (Fsp3) is 0.0909. The maximum absolute atomic E-state index is 12.6. The van der Waals surface area contributed by atoms with E-state index in [-0.39, 0.29) is 16.8 Å². The maximum atomic E-state index is 12.6. The van der Waals surface area contributed by atoms with Crippen LogP contribution in [-0.2, 0) is 6.18 Å². The Balaban J connectivity index is 2.31. The molecule has 0 atom stereocenters. The van der Waals surface area contributed by atoms with Crippen molar-refractivity contribution >= 4 is 11.6 Å². The number of nitrogens with zero attached hydrogens (tertiary/aromatic N) is 2. The van der Waals surface area contributed by atoms with Gasteiger partial charge in [-0.15, -0.1) is 0 Å². The number of hydrogen-bond donors (Lipinski definition) is 0. The lowest BCUT2D eigenvalue weighted by atomic mass is 10.2. The second-order valence-electron chi connectivity index (χ2n) is 3.27. The van der Waals surface area contributed by atoms with Crippen LogP contribution in [0.2, 0.25) is 5.02 Å². The third-order valence-electron chi connectivity index (χ3n) is 1.99. The van der Waals surface area contributed by atoms with Crippen molar-refractivity contribution in [3.8, 4) is 11.8 Å². The van der Waals surface area contributed by atoms with Gasteiger partial charge in [0.2, 0.25) is 0 Å². The first-order chi connectivity index (χ1) is 8.47. The van der Waals surface area contributed by atoms with E-state index in [9.17, 15) is 13.2 Å². The van der Waals surface area contributed by atoms with Gasteiger partial charge in [-0.05, 0) is 24.3 Å². The topological polar surface area (TPSA) is 35.0 Å². The molecule has 0 spiro atoms. The molecule has 0 aliphatic heterocycles. The molecule has 1 aromatic carbocycles. The van der Waals surface area contributed by atoms with Gasteiger partial charge >= 0.3 is 12.2 Å². The molecule has 0 unspecified atom stereocenters. The number of rotatable bonds is 2. The van der Waals surface area contributed by atoms with Crippen molar-refractivity contribution in [3.63, 3.8) is 0 Å². The van der Waals surface area contributed by atoms with Gasteiger partial charge in [0.1, 0.15) is 5.75 Å². The molecule has 0 aliphatic rings. The molecule has 0 radical (unpaired) electrons. The van der Waals surface area contributed by atoms with E-state index in [1.165, 1.54) is 18.5 Å². The van der Waals surface area contributed by atoms with Gasteiger partial charge in [0.05, 0.1) is 10.6 Å². The molecule has 94 valence electrons. The minimum atomic E-state index is -4.53. The Labute approximate surface area is 105 Å². The van der Waals surface area contributed by atoms with Crippen LogP contribution in [0, 0.1) is 0 Å². The normalized spacial score (nSPS) is 11.3. The van der Waals surface area contributed by atoms with Crippen molar-refractivity contribution in [2.75, 3.05) is 0 Å². The summed E-state index contributed by atoms with van der Waals surface area (Å²) in [6.45, 7) is 0. The van der Waals surface area contributed by atoms with Gasteiger partial charge in [-0.3, -0.25) is 0 Å². The minimum Gasteiger partial charge on any atom is -0.424 e. The summed E-state index contributed by atoms with van der Waals surface area (Å²) in [6, 6.07) is 4.76. The highest BCUT2D eigenvalue weighted by atomic mass is 35.5. The summed E-state index contributed by atoms with van der Waals surface area (Å²) in [5, 5.41) is -0.385. The fourth-order valence-corrected chi connectivity index (χ4v) is 1.45. The predicted octanol–water partition coefficient (Wildman–Crippen LogP) is 3.94. The van der Waals surface area contributed by atoms with Crippen LogP contribution < -0.4 is 4.74 Å². The molecule has 0 bridgehead atoms. The molecule has 0 N–H and O–H groups in total. The van der Waals surface area contributed by atoms with E-state index in [0.717, 1.165) is 12.1 Å². The van der Waals surface area contributed by atoms with Crippen LogP contribution in [0.5, 0.6) is 11.8 Å². The molecule has 18 heavy (non-hydrogen) atoms. The first kappa shape index (κ1) is 12.6. The first-order valence-corrected chi connectivity index (χ1v) is 5.16. The van der Waals surface area contributed by atoms with Gasteiger partial charge in [-0.2, -0.15) is 13.2 Å². The highest BCUT2D eigenvalue weighted by Gasteiger charge is 2.33. The van der Waals surface area contributed by atoms with Gasteiger partial charge in [-0.1, -0.05) is 11.6 Å². The second-order valence-corrected chi connectivity index (χ2v) is 3.68. The SMILES string of the molecule is FC(F)(F)c1cc(Oc2ncccn2)ccc1Cl. The van der Waals surface area contributed by atoms with Crippen LogP contribution in [0.4, 0.5) is 13.2 Å². The average Bonchev–Trinajstić information content (AvgIpc) is 2.31. The zero-order valence-electron chi connectivity index (χ0n) is 8.78. The van der Waals surface area contributed by atoms with Crippen LogP contribution in [0.1, 0.15) is 5.56 Å².